The number of carbonyl (C=O) groups excluding carboxylic acids is 1. The lowest BCUT2D eigenvalue weighted by atomic mass is 10.2. The van der Waals surface area contributed by atoms with Gasteiger partial charge in [-0.15, -0.1) is 10.2 Å². The fourth-order valence-corrected chi connectivity index (χ4v) is 3.54. The highest BCUT2D eigenvalue weighted by atomic mass is 35.5. The van der Waals surface area contributed by atoms with Crippen LogP contribution in [-0.4, -0.2) is 33.3 Å². The third-order valence-electron chi connectivity index (χ3n) is 3.91. The van der Waals surface area contributed by atoms with Gasteiger partial charge in [0.25, 0.3) is 5.22 Å². The van der Waals surface area contributed by atoms with Gasteiger partial charge in [-0.05, 0) is 48.9 Å². The number of hydrogen-bond acceptors (Lipinski definition) is 5. The third kappa shape index (κ3) is 5.41. The Morgan fingerprint density at radius 3 is 2.50 bits per heavy atom. The van der Waals surface area contributed by atoms with Crippen molar-refractivity contribution in [3.05, 3.63) is 63.1 Å². The zero-order chi connectivity index (χ0) is 20.1. The number of aromatic nitrogens is 2. The Bertz CT molecular complexity index is 963. The first-order valence-electron chi connectivity index (χ1n) is 8.40. The van der Waals surface area contributed by atoms with Gasteiger partial charge >= 0.3 is 0 Å². The first kappa shape index (κ1) is 21.0. The van der Waals surface area contributed by atoms with Crippen LogP contribution in [0.15, 0.2) is 52.1 Å². The largest absolute Gasteiger partial charge is 0.411 e. The number of benzene rings is 2. The van der Waals surface area contributed by atoms with Crippen LogP contribution in [0, 0.1) is 0 Å². The molecule has 0 radical (unpaired) electrons. The second kappa shape index (κ2) is 9.65. The van der Waals surface area contributed by atoms with Gasteiger partial charge in [0.15, 0.2) is 0 Å². The molecule has 5 nitrogen and oxygen atoms in total. The molecule has 0 atom stereocenters. The second-order valence-electron chi connectivity index (χ2n) is 5.83. The molecule has 2 aromatic carbocycles. The van der Waals surface area contributed by atoms with Gasteiger partial charge in [0, 0.05) is 23.7 Å². The molecule has 0 aliphatic heterocycles. The topological polar surface area (TPSA) is 59.2 Å². The number of carbonyl (C=O) groups is 1. The molecule has 28 heavy (non-hydrogen) atoms. The van der Waals surface area contributed by atoms with Crippen molar-refractivity contribution in [1.82, 2.24) is 15.1 Å². The molecule has 1 heterocycles. The van der Waals surface area contributed by atoms with E-state index in [1.54, 1.807) is 41.3 Å². The molecule has 146 valence electrons. The van der Waals surface area contributed by atoms with Gasteiger partial charge in [0.1, 0.15) is 0 Å². The maximum atomic E-state index is 12.6. The lowest BCUT2D eigenvalue weighted by molar-refractivity contribution is -0.128. The maximum absolute atomic E-state index is 12.6. The van der Waals surface area contributed by atoms with Crippen molar-refractivity contribution in [3.63, 3.8) is 0 Å². The molecule has 0 spiro atoms. The summed E-state index contributed by atoms with van der Waals surface area (Å²) in [5.74, 6) is 0.539. The SMILES string of the molecule is CCN(Cc1ccc(Cl)c(Cl)c1)C(=O)CSc1nnc(-c2ccc(Cl)cc2)o1. The molecule has 1 aromatic heterocycles. The molecule has 0 saturated heterocycles. The van der Waals surface area contributed by atoms with Gasteiger partial charge in [-0.2, -0.15) is 0 Å². The molecule has 9 heteroatoms. The number of nitrogens with zero attached hydrogens (tertiary/aromatic N) is 3. The highest BCUT2D eigenvalue weighted by Crippen LogP contribution is 2.26. The van der Waals surface area contributed by atoms with Crippen molar-refractivity contribution in [2.45, 2.75) is 18.7 Å². The standard InChI is InChI=1S/C19H16Cl3N3O2S/c1-2-25(10-12-3-8-15(21)16(22)9-12)17(26)11-28-19-24-23-18(27-19)13-4-6-14(20)7-5-13/h3-9H,2,10-11H2,1H3. The zero-order valence-electron chi connectivity index (χ0n) is 14.9. The molecule has 0 aliphatic rings. The Morgan fingerprint density at radius 1 is 1.07 bits per heavy atom. The Hall–Kier alpha value is -1.73. The van der Waals surface area contributed by atoms with Gasteiger partial charge in [-0.1, -0.05) is 52.6 Å². The predicted octanol–water partition coefficient (Wildman–Crippen LogP) is 5.84. The summed E-state index contributed by atoms with van der Waals surface area (Å²) in [5.41, 5.74) is 1.68. The monoisotopic (exact) mass is 455 g/mol. The fourth-order valence-electron chi connectivity index (χ4n) is 2.43. The predicted molar refractivity (Wildman–Crippen MR) is 113 cm³/mol. The van der Waals surface area contributed by atoms with Crippen LogP contribution in [0.1, 0.15) is 12.5 Å². The van der Waals surface area contributed by atoms with E-state index in [0.717, 1.165) is 11.1 Å². The van der Waals surface area contributed by atoms with Gasteiger partial charge in [0.05, 0.1) is 15.8 Å². The van der Waals surface area contributed by atoms with Crippen LogP contribution in [-0.2, 0) is 11.3 Å². The number of hydrogen-bond donors (Lipinski definition) is 0. The van der Waals surface area contributed by atoms with Crippen LogP contribution in [0.3, 0.4) is 0 Å². The van der Waals surface area contributed by atoms with E-state index in [2.05, 4.69) is 10.2 Å². The van der Waals surface area contributed by atoms with E-state index >= 15 is 0 Å². The third-order valence-corrected chi connectivity index (χ3v) is 5.70. The summed E-state index contributed by atoms with van der Waals surface area (Å²) < 4.78 is 5.62. The molecule has 1 amide bonds. The molecular formula is C19H16Cl3N3O2S. The minimum Gasteiger partial charge on any atom is -0.411 e. The van der Waals surface area contributed by atoms with E-state index in [9.17, 15) is 4.79 Å². The van der Waals surface area contributed by atoms with Crippen LogP contribution < -0.4 is 0 Å². The van der Waals surface area contributed by atoms with E-state index in [4.69, 9.17) is 39.2 Å². The van der Waals surface area contributed by atoms with Crippen LogP contribution >= 0.6 is 46.6 Å². The summed E-state index contributed by atoms with van der Waals surface area (Å²) in [6.45, 7) is 2.94. The van der Waals surface area contributed by atoms with Gasteiger partial charge in [-0.3, -0.25) is 4.79 Å². The molecule has 0 fully saturated rings. The summed E-state index contributed by atoms with van der Waals surface area (Å²) in [4.78, 5) is 14.3. The van der Waals surface area contributed by atoms with E-state index in [0.29, 0.717) is 39.3 Å². The summed E-state index contributed by atoms with van der Waals surface area (Å²) in [5, 5.41) is 9.93. The number of halogens is 3. The van der Waals surface area contributed by atoms with Crippen molar-refractivity contribution >= 4 is 52.5 Å². The van der Waals surface area contributed by atoms with Crippen LogP contribution in [0.5, 0.6) is 0 Å². The van der Waals surface area contributed by atoms with Crippen LogP contribution in [0.25, 0.3) is 11.5 Å². The Labute approximate surface area is 182 Å². The molecule has 3 aromatic rings. The van der Waals surface area contributed by atoms with Crippen molar-refractivity contribution in [2.24, 2.45) is 0 Å². The van der Waals surface area contributed by atoms with Gasteiger partial charge < -0.3 is 9.32 Å². The maximum Gasteiger partial charge on any atom is 0.277 e. The molecule has 0 N–H and O–H groups in total. The molecule has 0 bridgehead atoms. The molecule has 0 saturated carbocycles. The quantitative estimate of drug-likeness (QED) is 0.418. The number of rotatable bonds is 7. The minimum absolute atomic E-state index is 0.0372. The van der Waals surface area contributed by atoms with Crippen molar-refractivity contribution in [1.29, 1.82) is 0 Å². The average Bonchev–Trinajstić information content (AvgIpc) is 3.16. The first-order chi connectivity index (χ1) is 13.5. The Balaban J connectivity index is 1.59. The fraction of sp³-hybridized carbons (Fsp3) is 0.211. The van der Waals surface area contributed by atoms with Crippen LogP contribution in [0.2, 0.25) is 15.1 Å². The lowest BCUT2D eigenvalue weighted by Crippen LogP contribution is -2.31. The normalized spacial score (nSPS) is 10.9. The van der Waals surface area contributed by atoms with E-state index < -0.39 is 0 Å². The molecule has 3 rings (SSSR count). The van der Waals surface area contributed by atoms with Crippen molar-refractivity contribution in [2.75, 3.05) is 12.3 Å². The minimum atomic E-state index is -0.0372. The molecular weight excluding hydrogens is 441 g/mol. The second-order valence-corrected chi connectivity index (χ2v) is 8.00. The summed E-state index contributed by atoms with van der Waals surface area (Å²) in [6.07, 6.45) is 0. The van der Waals surface area contributed by atoms with E-state index in [-0.39, 0.29) is 11.7 Å². The zero-order valence-corrected chi connectivity index (χ0v) is 17.9. The van der Waals surface area contributed by atoms with Crippen molar-refractivity contribution < 1.29 is 9.21 Å². The summed E-state index contributed by atoms with van der Waals surface area (Å²) in [7, 11) is 0. The van der Waals surface area contributed by atoms with Gasteiger partial charge in [-0.25, -0.2) is 0 Å². The van der Waals surface area contributed by atoms with Crippen LogP contribution in [0.4, 0.5) is 0 Å². The molecule has 0 aliphatic carbocycles. The number of thioether (sulfide) groups is 1. The summed E-state index contributed by atoms with van der Waals surface area (Å²) >= 11 is 19.1. The van der Waals surface area contributed by atoms with Crippen molar-refractivity contribution in [3.8, 4) is 11.5 Å². The number of amides is 1. The molecule has 0 unspecified atom stereocenters. The van der Waals surface area contributed by atoms with E-state index in [1.807, 2.05) is 13.0 Å². The Kier molecular flexibility index (Phi) is 7.24. The average molecular weight is 457 g/mol. The highest BCUT2D eigenvalue weighted by molar-refractivity contribution is 7.99. The van der Waals surface area contributed by atoms with E-state index in [1.165, 1.54) is 11.8 Å². The smallest absolute Gasteiger partial charge is 0.277 e. The lowest BCUT2D eigenvalue weighted by Gasteiger charge is -2.20. The Morgan fingerprint density at radius 2 is 1.82 bits per heavy atom. The first-order valence-corrected chi connectivity index (χ1v) is 10.5. The van der Waals surface area contributed by atoms with Gasteiger partial charge in [0.2, 0.25) is 11.8 Å². The summed E-state index contributed by atoms with van der Waals surface area (Å²) in [6, 6.07) is 12.4. The highest BCUT2D eigenvalue weighted by Gasteiger charge is 2.16.